The van der Waals surface area contributed by atoms with Crippen molar-refractivity contribution in [1.82, 2.24) is 13.7 Å². The van der Waals surface area contributed by atoms with Crippen LogP contribution in [0.25, 0.3) is 5.65 Å². The Bertz CT molecular complexity index is 734. The van der Waals surface area contributed by atoms with Gasteiger partial charge in [-0.1, -0.05) is 6.07 Å². The number of pyridine rings is 1. The topological polar surface area (TPSA) is 102 Å². The van der Waals surface area contributed by atoms with E-state index in [1.165, 1.54) is 8.71 Å². The minimum Gasteiger partial charge on any atom is -0.380 e. The van der Waals surface area contributed by atoms with Gasteiger partial charge in [0.1, 0.15) is 5.65 Å². The fraction of sp³-hybridized carbons (Fsp3) is 0.417. The van der Waals surface area contributed by atoms with E-state index in [1.54, 1.807) is 24.4 Å². The third kappa shape index (κ3) is 2.48. The molecule has 114 valence electrons. The zero-order valence-corrected chi connectivity index (χ0v) is 12.2. The van der Waals surface area contributed by atoms with Crippen molar-refractivity contribution in [3.63, 3.8) is 0 Å². The average Bonchev–Trinajstić information content (AvgIpc) is 2.66. The maximum absolute atomic E-state index is 12.9. The first kappa shape index (κ1) is 14.3. The number of hydrogen-bond donors (Lipinski definition) is 2. The molecule has 2 aromatic rings. The Morgan fingerprint density at radius 3 is 2.95 bits per heavy atom. The number of fused-ring (bicyclic) bond motifs is 1. The van der Waals surface area contributed by atoms with Crippen LogP contribution in [-0.2, 0) is 14.8 Å². The molecule has 8 nitrogen and oxygen atoms in total. The molecule has 0 spiro atoms. The van der Waals surface area contributed by atoms with Crippen LogP contribution >= 0.6 is 0 Å². The van der Waals surface area contributed by atoms with Gasteiger partial charge in [-0.15, -0.1) is 0 Å². The first-order valence-corrected chi connectivity index (χ1v) is 8.10. The highest BCUT2D eigenvalue weighted by Gasteiger charge is 2.31. The molecule has 0 radical (unpaired) electrons. The van der Waals surface area contributed by atoms with Crippen LogP contribution in [0.4, 0.5) is 5.82 Å². The summed E-state index contributed by atoms with van der Waals surface area (Å²) in [6.45, 7) is 1.71. The number of nitrogen functional groups attached to an aromatic ring is 1. The van der Waals surface area contributed by atoms with Gasteiger partial charge in [0, 0.05) is 25.9 Å². The summed E-state index contributed by atoms with van der Waals surface area (Å²) in [6.07, 6.45) is 2.33. The van der Waals surface area contributed by atoms with Gasteiger partial charge in [0.15, 0.2) is 5.82 Å². The zero-order valence-electron chi connectivity index (χ0n) is 11.4. The molecule has 0 saturated carbocycles. The maximum atomic E-state index is 12.9. The van der Waals surface area contributed by atoms with E-state index in [0.29, 0.717) is 38.4 Å². The van der Waals surface area contributed by atoms with Crippen molar-refractivity contribution < 1.29 is 13.2 Å². The molecule has 1 aliphatic rings. The van der Waals surface area contributed by atoms with Crippen LogP contribution in [0, 0.1) is 0 Å². The lowest BCUT2D eigenvalue weighted by molar-refractivity contribution is 0.148. The van der Waals surface area contributed by atoms with Gasteiger partial charge >= 0.3 is 0 Å². The number of nitrogens with one attached hydrogen (secondary N) is 1. The molecule has 3 N–H and O–H groups in total. The number of nitrogens with zero attached hydrogens (tertiary/aromatic N) is 3. The Morgan fingerprint density at radius 1 is 1.29 bits per heavy atom. The number of aromatic nitrogens is 2. The van der Waals surface area contributed by atoms with E-state index in [0.717, 1.165) is 0 Å². The molecular weight excluding hydrogens is 294 g/mol. The van der Waals surface area contributed by atoms with Crippen molar-refractivity contribution in [2.45, 2.75) is 11.4 Å². The van der Waals surface area contributed by atoms with Crippen LogP contribution in [0.15, 0.2) is 29.4 Å². The summed E-state index contributed by atoms with van der Waals surface area (Å²) in [4.78, 5) is 4.21. The van der Waals surface area contributed by atoms with E-state index in [-0.39, 0.29) is 10.8 Å². The van der Waals surface area contributed by atoms with E-state index in [2.05, 4.69) is 10.4 Å². The quantitative estimate of drug-likeness (QED) is 0.612. The third-order valence-electron chi connectivity index (χ3n) is 3.39. The average molecular weight is 311 g/mol. The number of sulfonamides is 1. The summed E-state index contributed by atoms with van der Waals surface area (Å²) in [5.41, 5.74) is 2.90. The Hall–Kier alpha value is -1.68. The van der Waals surface area contributed by atoms with Crippen molar-refractivity contribution in [3.8, 4) is 0 Å². The minimum atomic E-state index is -3.70. The molecule has 3 heterocycles. The molecule has 0 aromatic carbocycles. The Labute approximate surface area is 122 Å². The standard InChI is InChI=1S/C12H17N5O3S/c13-15-11-12(17-6-2-1-4-10(17)14-11)21(18,19)16-5-3-8-20-9-7-16/h1-2,4,6,15H,3,5,7-9,13H2. The second-order valence-electron chi connectivity index (χ2n) is 4.71. The monoisotopic (exact) mass is 311 g/mol. The molecule has 0 unspecified atom stereocenters. The second-order valence-corrected chi connectivity index (χ2v) is 6.56. The van der Waals surface area contributed by atoms with Crippen LogP contribution in [-0.4, -0.2) is 48.4 Å². The molecular formula is C12H17N5O3S. The van der Waals surface area contributed by atoms with Gasteiger partial charge in [0.25, 0.3) is 10.0 Å². The SMILES string of the molecule is NNc1nc2ccccn2c1S(=O)(=O)N1CCCOCC1. The number of hydrogen-bond acceptors (Lipinski definition) is 6. The number of hydrazine groups is 1. The fourth-order valence-corrected chi connectivity index (χ4v) is 4.08. The third-order valence-corrected chi connectivity index (χ3v) is 5.31. The summed E-state index contributed by atoms with van der Waals surface area (Å²) in [7, 11) is -3.70. The van der Waals surface area contributed by atoms with E-state index in [1.807, 2.05) is 0 Å². The van der Waals surface area contributed by atoms with E-state index in [9.17, 15) is 8.42 Å². The van der Waals surface area contributed by atoms with Gasteiger partial charge in [-0.25, -0.2) is 19.2 Å². The molecule has 0 aliphatic carbocycles. The van der Waals surface area contributed by atoms with Crippen LogP contribution in [0.3, 0.4) is 0 Å². The molecule has 2 aromatic heterocycles. The van der Waals surface area contributed by atoms with Crippen LogP contribution in [0.2, 0.25) is 0 Å². The molecule has 21 heavy (non-hydrogen) atoms. The number of anilines is 1. The first-order chi connectivity index (χ1) is 10.1. The van der Waals surface area contributed by atoms with Gasteiger partial charge < -0.3 is 10.2 Å². The molecule has 0 amide bonds. The molecule has 0 atom stereocenters. The maximum Gasteiger partial charge on any atom is 0.263 e. The van der Waals surface area contributed by atoms with Gasteiger partial charge in [-0.2, -0.15) is 4.31 Å². The smallest absolute Gasteiger partial charge is 0.263 e. The summed E-state index contributed by atoms with van der Waals surface area (Å²) in [5.74, 6) is 5.58. The predicted octanol–water partition coefficient (Wildman–Crippen LogP) is 0.0309. The molecule has 1 fully saturated rings. The molecule has 3 rings (SSSR count). The van der Waals surface area contributed by atoms with Crippen molar-refractivity contribution in [3.05, 3.63) is 24.4 Å². The minimum absolute atomic E-state index is 0.0579. The van der Waals surface area contributed by atoms with Crippen LogP contribution in [0.1, 0.15) is 6.42 Å². The first-order valence-electron chi connectivity index (χ1n) is 6.66. The van der Waals surface area contributed by atoms with E-state index >= 15 is 0 Å². The summed E-state index contributed by atoms with van der Waals surface area (Å²) >= 11 is 0. The highest BCUT2D eigenvalue weighted by atomic mass is 32.2. The highest BCUT2D eigenvalue weighted by molar-refractivity contribution is 7.89. The Balaban J connectivity index is 2.13. The van der Waals surface area contributed by atoms with Crippen LogP contribution < -0.4 is 11.3 Å². The summed E-state index contributed by atoms with van der Waals surface area (Å²) in [6, 6.07) is 5.27. The van der Waals surface area contributed by atoms with Crippen molar-refractivity contribution >= 4 is 21.5 Å². The molecule has 0 bridgehead atoms. The highest BCUT2D eigenvalue weighted by Crippen LogP contribution is 2.25. The molecule has 1 saturated heterocycles. The second kappa shape index (κ2) is 5.60. The van der Waals surface area contributed by atoms with Gasteiger partial charge in [-0.3, -0.25) is 4.40 Å². The number of imidazole rings is 1. The number of rotatable bonds is 3. The summed E-state index contributed by atoms with van der Waals surface area (Å²) in [5, 5.41) is 0.0579. The number of nitrogens with two attached hydrogens (primary N) is 1. The van der Waals surface area contributed by atoms with E-state index in [4.69, 9.17) is 10.6 Å². The molecule has 1 aliphatic heterocycles. The predicted molar refractivity (Wildman–Crippen MR) is 77.2 cm³/mol. The normalized spacial score (nSPS) is 17.8. The Kier molecular flexibility index (Phi) is 3.81. The Morgan fingerprint density at radius 2 is 2.14 bits per heavy atom. The lowest BCUT2D eigenvalue weighted by atomic mass is 10.5. The van der Waals surface area contributed by atoms with Crippen LogP contribution in [0.5, 0.6) is 0 Å². The summed E-state index contributed by atoms with van der Waals surface area (Å²) < 4.78 is 34.1. The van der Waals surface area contributed by atoms with E-state index < -0.39 is 10.0 Å². The lowest BCUT2D eigenvalue weighted by Crippen LogP contribution is -2.34. The van der Waals surface area contributed by atoms with Crippen molar-refractivity contribution in [2.24, 2.45) is 5.84 Å². The van der Waals surface area contributed by atoms with Gasteiger partial charge in [0.05, 0.1) is 6.61 Å². The lowest BCUT2D eigenvalue weighted by Gasteiger charge is -2.19. The molecule has 9 heteroatoms. The van der Waals surface area contributed by atoms with Crippen molar-refractivity contribution in [1.29, 1.82) is 0 Å². The van der Waals surface area contributed by atoms with Crippen molar-refractivity contribution in [2.75, 3.05) is 31.7 Å². The zero-order chi connectivity index (χ0) is 14.9. The van der Waals surface area contributed by atoms with Gasteiger partial charge in [-0.05, 0) is 18.6 Å². The number of ether oxygens (including phenoxy) is 1. The fourth-order valence-electron chi connectivity index (χ4n) is 2.40. The van der Waals surface area contributed by atoms with Gasteiger partial charge in [0.2, 0.25) is 5.03 Å². The largest absolute Gasteiger partial charge is 0.380 e.